The molecule has 0 saturated carbocycles. The molecule has 0 saturated heterocycles. The van der Waals surface area contributed by atoms with Crippen molar-refractivity contribution in [3.05, 3.63) is 83.6 Å². The summed E-state index contributed by atoms with van der Waals surface area (Å²) in [5.74, 6) is -0.226. The number of carbonyl (C=O) groups excluding carboxylic acids is 2. The molecule has 2 N–H and O–H groups in total. The van der Waals surface area contributed by atoms with Gasteiger partial charge in [0.05, 0.1) is 18.4 Å². The van der Waals surface area contributed by atoms with Crippen molar-refractivity contribution in [2.75, 3.05) is 4.90 Å². The Labute approximate surface area is 144 Å². The lowest BCUT2D eigenvalue weighted by Gasteiger charge is -2.21. The van der Waals surface area contributed by atoms with Crippen molar-refractivity contribution >= 4 is 17.5 Å². The van der Waals surface area contributed by atoms with E-state index in [9.17, 15) is 9.59 Å². The number of aryl methyl sites for hydroxylation is 1. The topological polar surface area (TPSA) is 89.4 Å². The maximum atomic E-state index is 12.9. The minimum absolute atomic E-state index is 0.220. The highest BCUT2D eigenvalue weighted by atomic mass is 16.3. The standard InChI is InChI=1S/C19H17N3O3/c1-13-4-7-15(8-5-13)22(12-16-3-2-10-25-16)19(24)17-9-6-14(11-21-17)18(20)23/h2-11H,12H2,1H3,(H2,20,23). The number of amides is 2. The number of hydrogen-bond acceptors (Lipinski definition) is 4. The largest absolute Gasteiger partial charge is 0.467 e. The highest BCUT2D eigenvalue weighted by molar-refractivity contribution is 6.05. The van der Waals surface area contributed by atoms with Crippen LogP contribution in [0, 0.1) is 6.92 Å². The lowest BCUT2D eigenvalue weighted by atomic mass is 10.2. The molecule has 1 aromatic carbocycles. The van der Waals surface area contributed by atoms with Crippen LogP contribution in [0.2, 0.25) is 0 Å². The van der Waals surface area contributed by atoms with Gasteiger partial charge in [-0.2, -0.15) is 0 Å². The molecule has 2 heterocycles. The van der Waals surface area contributed by atoms with E-state index in [0.29, 0.717) is 5.76 Å². The zero-order valence-corrected chi connectivity index (χ0v) is 13.7. The Morgan fingerprint density at radius 3 is 2.44 bits per heavy atom. The molecule has 0 atom stereocenters. The van der Waals surface area contributed by atoms with Crippen molar-refractivity contribution in [1.29, 1.82) is 0 Å². The minimum atomic E-state index is -0.586. The van der Waals surface area contributed by atoms with Crippen LogP contribution in [0.5, 0.6) is 0 Å². The second-order valence-electron chi connectivity index (χ2n) is 5.60. The number of pyridine rings is 1. The SMILES string of the molecule is Cc1ccc(N(Cc2ccco2)C(=O)c2ccc(C(N)=O)cn2)cc1. The summed E-state index contributed by atoms with van der Waals surface area (Å²) in [5, 5.41) is 0. The van der Waals surface area contributed by atoms with Crippen molar-refractivity contribution in [2.24, 2.45) is 5.73 Å². The number of rotatable bonds is 5. The summed E-state index contributed by atoms with van der Waals surface area (Å²) in [6.45, 7) is 2.25. The van der Waals surface area contributed by atoms with Gasteiger partial charge < -0.3 is 10.2 Å². The van der Waals surface area contributed by atoms with Crippen LogP contribution in [0.25, 0.3) is 0 Å². The average molecular weight is 335 g/mol. The Balaban J connectivity index is 1.93. The smallest absolute Gasteiger partial charge is 0.277 e. The Hall–Kier alpha value is -3.41. The Bertz CT molecular complexity index is 869. The first-order chi connectivity index (χ1) is 12.0. The second kappa shape index (κ2) is 7.00. The van der Waals surface area contributed by atoms with Crippen LogP contribution in [0.4, 0.5) is 5.69 Å². The van der Waals surface area contributed by atoms with Gasteiger partial charge in [-0.1, -0.05) is 17.7 Å². The van der Waals surface area contributed by atoms with Crippen LogP contribution in [-0.2, 0) is 6.54 Å². The number of furan rings is 1. The van der Waals surface area contributed by atoms with Gasteiger partial charge in [0.1, 0.15) is 11.5 Å². The molecular weight excluding hydrogens is 318 g/mol. The molecule has 0 fully saturated rings. The summed E-state index contributed by atoms with van der Waals surface area (Å²) >= 11 is 0. The third kappa shape index (κ3) is 3.74. The van der Waals surface area contributed by atoms with Gasteiger partial charge in [0.2, 0.25) is 5.91 Å². The molecule has 3 rings (SSSR count). The molecule has 6 nitrogen and oxygen atoms in total. The van der Waals surface area contributed by atoms with Crippen molar-refractivity contribution in [3.63, 3.8) is 0 Å². The molecule has 2 amide bonds. The Kier molecular flexibility index (Phi) is 4.61. The molecule has 25 heavy (non-hydrogen) atoms. The summed E-state index contributed by atoms with van der Waals surface area (Å²) in [4.78, 5) is 29.7. The van der Waals surface area contributed by atoms with Crippen molar-refractivity contribution < 1.29 is 14.0 Å². The van der Waals surface area contributed by atoms with E-state index >= 15 is 0 Å². The van der Waals surface area contributed by atoms with Gasteiger partial charge in [0.15, 0.2) is 0 Å². The quantitative estimate of drug-likeness (QED) is 0.776. The van der Waals surface area contributed by atoms with Crippen molar-refractivity contribution in [3.8, 4) is 0 Å². The van der Waals surface area contributed by atoms with Crippen LogP contribution >= 0.6 is 0 Å². The monoisotopic (exact) mass is 335 g/mol. The average Bonchev–Trinajstić information content (AvgIpc) is 3.13. The number of nitrogens with two attached hydrogens (primary N) is 1. The predicted octanol–water partition coefficient (Wildman–Crippen LogP) is 2.93. The Morgan fingerprint density at radius 1 is 1.12 bits per heavy atom. The molecule has 6 heteroatoms. The molecule has 0 aliphatic heterocycles. The number of primary amides is 1. The fourth-order valence-corrected chi connectivity index (χ4v) is 2.37. The minimum Gasteiger partial charge on any atom is -0.467 e. The van der Waals surface area contributed by atoms with E-state index in [1.54, 1.807) is 23.3 Å². The predicted molar refractivity (Wildman–Crippen MR) is 93.2 cm³/mol. The zero-order chi connectivity index (χ0) is 17.8. The molecule has 0 bridgehead atoms. The number of anilines is 1. The first kappa shape index (κ1) is 16.4. The molecule has 2 aromatic heterocycles. The van der Waals surface area contributed by atoms with Gasteiger partial charge >= 0.3 is 0 Å². The molecule has 0 radical (unpaired) electrons. The summed E-state index contributed by atoms with van der Waals surface area (Å²) in [7, 11) is 0. The third-order valence-corrected chi connectivity index (χ3v) is 3.75. The number of aromatic nitrogens is 1. The van der Waals surface area contributed by atoms with Gasteiger partial charge in [0, 0.05) is 11.9 Å². The van der Waals surface area contributed by atoms with E-state index in [4.69, 9.17) is 10.2 Å². The molecule has 0 spiro atoms. The molecule has 3 aromatic rings. The van der Waals surface area contributed by atoms with Crippen LogP contribution < -0.4 is 10.6 Å². The highest BCUT2D eigenvalue weighted by Gasteiger charge is 2.20. The molecular formula is C19H17N3O3. The number of carbonyl (C=O) groups is 2. The van der Waals surface area contributed by atoms with Crippen LogP contribution in [0.15, 0.2) is 65.4 Å². The van der Waals surface area contributed by atoms with Gasteiger partial charge in [-0.05, 0) is 43.3 Å². The summed E-state index contributed by atoms with van der Waals surface area (Å²) in [5.41, 5.74) is 7.51. The maximum Gasteiger partial charge on any atom is 0.277 e. The maximum absolute atomic E-state index is 12.9. The van der Waals surface area contributed by atoms with Gasteiger partial charge in [-0.25, -0.2) is 0 Å². The first-order valence-corrected chi connectivity index (χ1v) is 7.71. The van der Waals surface area contributed by atoms with Crippen LogP contribution in [0.1, 0.15) is 32.2 Å². The van der Waals surface area contributed by atoms with E-state index in [1.807, 2.05) is 31.2 Å². The lowest BCUT2D eigenvalue weighted by molar-refractivity contribution is 0.0972. The first-order valence-electron chi connectivity index (χ1n) is 7.71. The summed E-state index contributed by atoms with van der Waals surface area (Å²) in [6.07, 6.45) is 2.86. The molecule has 126 valence electrons. The molecule has 0 aliphatic rings. The highest BCUT2D eigenvalue weighted by Crippen LogP contribution is 2.20. The normalized spacial score (nSPS) is 10.4. The number of nitrogens with zero attached hydrogens (tertiary/aromatic N) is 2. The summed E-state index contributed by atoms with van der Waals surface area (Å²) < 4.78 is 5.37. The Morgan fingerprint density at radius 2 is 1.88 bits per heavy atom. The van der Waals surface area contributed by atoms with Gasteiger partial charge in [-0.3, -0.25) is 19.5 Å². The third-order valence-electron chi connectivity index (χ3n) is 3.75. The summed E-state index contributed by atoms with van der Waals surface area (Å²) in [6, 6.07) is 14.2. The fourth-order valence-electron chi connectivity index (χ4n) is 2.37. The van der Waals surface area contributed by atoms with Crippen LogP contribution in [-0.4, -0.2) is 16.8 Å². The van der Waals surface area contributed by atoms with Crippen molar-refractivity contribution in [1.82, 2.24) is 4.98 Å². The van der Waals surface area contributed by atoms with Gasteiger partial charge in [-0.15, -0.1) is 0 Å². The van der Waals surface area contributed by atoms with E-state index < -0.39 is 5.91 Å². The van der Waals surface area contributed by atoms with E-state index in [1.165, 1.54) is 18.3 Å². The van der Waals surface area contributed by atoms with E-state index in [2.05, 4.69) is 4.98 Å². The lowest BCUT2D eigenvalue weighted by Crippen LogP contribution is -2.31. The fraction of sp³-hybridized carbons (Fsp3) is 0.105. The van der Waals surface area contributed by atoms with E-state index in [0.717, 1.165) is 11.3 Å². The second-order valence-corrected chi connectivity index (χ2v) is 5.60. The van der Waals surface area contributed by atoms with Crippen molar-refractivity contribution in [2.45, 2.75) is 13.5 Å². The number of hydrogen-bond donors (Lipinski definition) is 1. The van der Waals surface area contributed by atoms with Crippen LogP contribution in [0.3, 0.4) is 0 Å². The molecule has 0 unspecified atom stereocenters. The molecule has 0 aliphatic carbocycles. The zero-order valence-electron chi connectivity index (χ0n) is 13.7. The van der Waals surface area contributed by atoms with E-state index in [-0.39, 0.29) is 23.7 Å². The van der Waals surface area contributed by atoms with Gasteiger partial charge in [0.25, 0.3) is 5.91 Å². The number of benzene rings is 1.